The SMILES string of the molecule is Cn1c(=S)[nH]c2cc(C(=O)N3CCCC3c3ccc(F)cc3)ccc2c1=O. The summed E-state index contributed by atoms with van der Waals surface area (Å²) in [5, 5.41) is 0.485. The molecule has 0 bridgehead atoms. The fraction of sp³-hybridized carbons (Fsp3) is 0.250. The largest absolute Gasteiger partial charge is 0.332 e. The van der Waals surface area contributed by atoms with Crippen molar-refractivity contribution in [1.29, 1.82) is 0 Å². The van der Waals surface area contributed by atoms with Crippen molar-refractivity contribution in [2.45, 2.75) is 18.9 Å². The summed E-state index contributed by atoms with van der Waals surface area (Å²) in [6, 6.07) is 11.2. The lowest BCUT2D eigenvalue weighted by molar-refractivity contribution is 0.0736. The maximum atomic E-state index is 13.2. The molecule has 2 aromatic carbocycles. The van der Waals surface area contributed by atoms with Gasteiger partial charge in [0, 0.05) is 19.2 Å². The Balaban J connectivity index is 1.71. The van der Waals surface area contributed by atoms with Gasteiger partial charge in [0.25, 0.3) is 11.5 Å². The standard InChI is InChI=1S/C20H18FN3O2S/c1-23-19(26)15-9-6-13(11-16(15)22-20(23)27)18(25)24-10-2-3-17(24)12-4-7-14(21)8-5-12/h4-9,11,17H,2-3,10H2,1H3,(H,22,27). The number of benzene rings is 2. The van der Waals surface area contributed by atoms with Crippen molar-refractivity contribution in [2.75, 3.05) is 6.54 Å². The monoisotopic (exact) mass is 383 g/mol. The highest BCUT2D eigenvalue weighted by Crippen LogP contribution is 2.33. The van der Waals surface area contributed by atoms with E-state index in [1.807, 2.05) is 4.90 Å². The van der Waals surface area contributed by atoms with Crippen molar-refractivity contribution in [3.05, 3.63) is 74.5 Å². The van der Waals surface area contributed by atoms with Crippen LogP contribution in [0, 0.1) is 10.6 Å². The lowest BCUT2D eigenvalue weighted by Gasteiger charge is -2.25. The normalized spacial score (nSPS) is 16.8. The second-order valence-corrected chi connectivity index (χ2v) is 7.15. The van der Waals surface area contributed by atoms with Gasteiger partial charge in [0.05, 0.1) is 16.9 Å². The van der Waals surface area contributed by atoms with Gasteiger partial charge in [-0.05, 0) is 61.0 Å². The number of nitrogens with zero attached hydrogens (tertiary/aromatic N) is 2. The topological polar surface area (TPSA) is 58.1 Å². The van der Waals surface area contributed by atoms with Gasteiger partial charge >= 0.3 is 0 Å². The van der Waals surface area contributed by atoms with Gasteiger partial charge in [0.1, 0.15) is 5.82 Å². The average molecular weight is 383 g/mol. The number of aromatic amines is 1. The molecule has 27 heavy (non-hydrogen) atoms. The molecule has 5 nitrogen and oxygen atoms in total. The van der Waals surface area contributed by atoms with E-state index in [2.05, 4.69) is 4.98 Å². The summed E-state index contributed by atoms with van der Waals surface area (Å²) in [7, 11) is 1.61. The molecule has 0 saturated carbocycles. The van der Waals surface area contributed by atoms with E-state index in [4.69, 9.17) is 12.2 Å². The predicted octanol–water partition coefficient (Wildman–Crippen LogP) is 3.71. The molecular weight excluding hydrogens is 365 g/mol. The lowest BCUT2D eigenvalue weighted by atomic mass is 10.0. The second kappa shape index (κ2) is 6.74. The number of likely N-dealkylation sites (tertiary alicyclic amines) is 1. The second-order valence-electron chi connectivity index (χ2n) is 6.76. The van der Waals surface area contributed by atoms with Crippen LogP contribution < -0.4 is 5.56 Å². The summed E-state index contributed by atoms with van der Waals surface area (Å²) in [5.74, 6) is -0.398. The molecule has 1 aliphatic rings. The summed E-state index contributed by atoms with van der Waals surface area (Å²) in [5.41, 5.74) is 1.77. The molecule has 1 aromatic heterocycles. The fourth-order valence-corrected chi connectivity index (χ4v) is 3.84. The van der Waals surface area contributed by atoms with E-state index in [0.29, 0.717) is 27.8 Å². The van der Waals surface area contributed by atoms with Crippen LogP contribution in [0.1, 0.15) is 34.8 Å². The van der Waals surface area contributed by atoms with E-state index in [0.717, 1.165) is 18.4 Å². The van der Waals surface area contributed by atoms with Crippen molar-refractivity contribution in [3.63, 3.8) is 0 Å². The smallest absolute Gasteiger partial charge is 0.261 e. The molecule has 1 fully saturated rings. The molecule has 1 N–H and O–H groups in total. The highest BCUT2D eigenvalue weighted by atomic mass is 32.1. The molecule has 1 amide bonds. The predicted molar refractivity (Wildman–Crippen MR) is 104 cm³/mol. The Kier molecular flexibility index (Phi) is 4.39. The number of halogens is 1. The molecule has 0 radical (unpaired) electrons. The molecule has 1 aliphatic heterocycles. The Morgan fingerprint density at radius 3 is 2.70 bits per heavy atom. The molecule has 3 aromatic rings. The molecule has 1 unspecified atom stereocenters. The number of carbonyl (C=O) groups is 1. The number of fused-ring (bicyclic) bond motifs is 1. The summed E-state index contributed by atoms with van der Waals surface area (Å²) >= 11 is 5.16. The number of hydrogen-bond donors (Lipinski definition) is 1. The van der Waals surface area contributed by atoms with Crippen molar-refractivity contribution < 1.29 is 9.18 Å². The van der Waals surface area contributed by atoms with Crippen LogP contribution >= 0.6 is 12.2 Å². The zero-order chi connectivity index (χ0) is 19.1. The van der Waals surface area contributed by atoms with E-state index in [1.165, 1.54) is 16.7 Å². The first-order valence-corrected chi connectivity index (χ1v) is 9.16. The fourth-order valence-electron chi connectivity index (χ4n) is 3.65. The molecule has 4 rings (SSSR count). The third kappa shape index (κ3) is 3.08. The van der Waals surface area contributed by atoms with Gasteiger partial charge in [-0.1, -0.05) is 12.1 Å². The van der Waals surface area contributed by atoms with Crippen LogP contribution in [0.3, 0.4) is 0 Å². The number of rotatable bonds is 2. The Bertz CT molecular complexity index is 1150. The lowest BCUT2D eigenvalue weighted by Crippen LogP contribution is -2.30. The third-order valence-corrected chi connectivity index (χ3v) is 5.49. The van der Waals surface area contributed by atoms with E-state index in [-0.39, 0.29) is 23.3 Å². The van der Waals surface area contributed by atoms with Gasteiger partial charge in [-0.15, -0.1) is 0 Å². The Morgan fingerprint density at radius 1 is 1.22 bits per heavy atom. The molecule has 1 atom stereocenters. The quantitative estimate of drug-likeness (QED) is 0.687. The Labute approximate surface area is 160 Å². The van der Waals surface area contributed by atoms with E-state index >= 15 is 0 Å². The van der Waals surface area contributed by atoms with Crippen LogP contribution in [0.4, 0.5) is 4.39 Å². The summed E-state index contributed by atoms with van der Waals surface area (Å²) in [6.45, 7) is 0.644. The number of nitrogens with one attached hydrogen (secondary N) is 1. The van der Waals surface area contributed by atoms with Gasteiger partial charge < -0.3 is 9.88 Å². The first kappa shape index (κ1) is 17.6. The molecule has 2 heterocycles. The van der Waals surface area contributed by atoms with Crippen LogP contribution in [0.15, 0.2) is 47.3 Å². The molecule has 0 aliphatic carbocycles. The third-order valence-electron chi connectivity index (χ3n) is 5.12. The number of aromatic nitrogens is 2. The van der Waals surface area contributed by atoms with Gasteiger partial charge in [-0.2, -0.15) is 0 Å². The highest BCUT2D eigenvalue weighted by Gasteiger charge is 2.30. The zero-order valence-corrected chi connectivity index (χ0v) is 15.6. The maximum Gasteiger partial charge on any atom is 0.261 e. The Hall–Kier alpha value is -2.80. The first-order valence-electron chi connectivity index (χ1n) is 8.75. The number of hydrogen-bond acceptors (Lipinski definition) is 3. The van der Waals surface area contributed by atoms with Crippen LogP contribution in [0.2, 0.25) is 0 Å². The van der Waals surface area contributed by atoms with Crippen molar-refractivity contribution in [3.8, 4) is 0 Å². The van der Waals surface area contributed by atoms with Gasteiger partial charge in [-0.25, -0.2) is 4.39 Å². The summed E-state index contributed by atoms with van der Waals surface area (Å²) in [4.78, 5) is 30.2. The van der Waals surface area contributed by atoms with Crippen molar-refractivity contribution in [1.82, 2.24) is 14.5 Å². The number of carbonyl (C=O) groups excluding carboxylic acids is 1. The average Bonchev–Trinajstić information content (AvgIpc) is 3.15. The summed E-state index contributed by atoms with van der Waals surface area (Å²) < 4.78 is 14.9. The molecule has 1 saturated heterocycles. The molecular formula is C20H18FN3O2S. The molecule has 0 spiro atoms. The molecule has 7 heteroatoms. The van der Waals surface area contributed by atoms with Gasteiger partial charge in [0.15, 0.2) is 4.77 Å². The van der Waals surface area contributed by atoms with E-state index < -0.39 is 0 Å². The van der Waals surface area contributed by atoms with Crippen LogP contribution in [0.25, 0.3) is 10.9 Å². The van der Waals surface area contributed by atoms with Crippen LogP contribution in [0.5, 0.6) is 0 Å². The number of H-pyrrole nitrogens is 1. The van der Waals surface area contributed by atoms with Crippen molar-refractivity contribution in [2.24, 2.45) is 7.05 Å². The van der Waals surface area contributed by atoms with E-state index in [9.17, 15) is 14.0 Å². The van der Waals surface area contributed by atoms with E-state index in [1.54, 1.807) is 37.4 Å². The maximum absolute atomic E-state index is 13.2. The van der Waals surface area contributed by atoms with Gasteiger partial charge in [-0.3, -0.25) is 14.2 Å². The minimum Gasteiger partial charge on any atom is -0.332 e. The minimum absolute atomic E-state index is 0.0732. The van der Waals surface area contributed by atoms with Crippen LogP contribution in [-0.4, -0.2) is 26.9 Å². The Morgan fingerprint density at radius 2 is 1.96 bits per heavy atom. The zero-order valence-electron chi connectivity index (χ0n) is 14.7. The van der Waals surface area contributed by atoms with Crippen LogP contribution in [-0.2, 0) is 7.05 Å². The first-order chi connectivity index (χ1) is 13.0. The highest BCUT2D eigenvalue weighted by molar-refractivity contribution is 7.71. The number of amides is 1. The van der Waals surface area contributed by atoms with Crippen molar-refractivity contribution >= 4 is 29.0 Å². The van der Waals surface area contributed by atoms with Gasteiger partial charge in [0.2, 0.25) is 0 Å². The molecule has 138 valence electrons. The summed E-state index contributed by atoms with van der Waals surface area (Å²) in [6.07, 6.45) is 1.73. The minimum atomic E-state index is -0.291.